The van der Waals surface area contributed by atoms with Crippen molar-refractivity contribution in [2.75, 3.05) is 13.2 Å². The van der Waals surface area contributed by atoms with Crippen LogP contribution in [0.4, 0.5) is 0 Å². The fourth-order valence-corrected chi connectivity index (χ4v) is 1.61. The molecular formula is C8H7Cl2NO3. The average Bonchev–Trinajstić information content (AvgIpc) is 2.63. The van der Waals surface area contributed by atoms with Crippen LogP contribution < -0.4 is 5.43 Å². The molecule has 1 aromatic rings. The second-order valence-electron chi connectivity index (χ2n) is 2.78. The average molecular weight is 236 g/mol. The van der Waals surface area contributed by atoms with E-state index in [-0.39, 0.29) is 15.6 Å². The molecule has 1 N–H and O–H groups in total. The van der Waals surface area contributed by atoms with Crippen molar-refractivity contribution >= 4 is 23.2 Å². The highest BCUT2D eigenvalue weighted by molar-refractivity contribution is 6.32. The molecule has 0 atom stereocenters. The smallest absolute Gasteiger partial charge is 0.202 e. The third kappa shape index (κ3) is 1.79. The molecule has 2 rings (SSSR count). The predicted molar refractivity (Wildman–Crippen MR) is 51.7 cm³/mol. The number of nitrogens with one attached hydrogen (secondary N) is 1. The highest BCUT2D eigenvalue weighted by Gasteiger charge is 2.23. The number of H-pyrrole nitrogens is 1. The van der Waals surface area contributed by atoms with Crippen LogP contribution in [0.2, 0.25) is 10.2 Å². The normalized spacial score (nSPS) is 17.6. The van der Waals surface area contributed by atoms with E-state index in [1.807, 2.05) is 0 Å². The van der Waals surface area contributed by atoms with Crippen LogP contribution in [0.5, 0.6) is 0 Å². The van der Waals surface area contributed by atoms with Crippen molar-refractivity contribution < 1.29 is 9.47 Å². The lowest BCUT2D eigenvalue weighted by Crippen LogP contribution is -2.10. The number of pyridine rings is 1. The molecule has 1 saturated heterocycles. The van der Waals surface area contributed by atoms with Gasteiger partial charge in [0, 0.05) is 6.07 Å². The van der Waals surface area contributed by atoms with E-state index in [1.54, 1.807) is 0 Å². The molecule has 0 spiro atoms. The number of aromatic amines is 1. The van der Waals surface area contributed by atoms with Crippen molar-refractivity contribution in [3.8, 4) is 0 Å². The zero-order valence-electron chi connectivity index (χ0n) is 7.05. The van der Waals surface area contributed by atoms with Crippen molar-refractivity contribution in [2.24, 2.45) is 0 Å². The van der Waals surface area contributed by atoms with E-state index in [4.69, 9.17) is 32.7 Å². The molecule has 1 fully saturated rings. The summed E-state index contributed by atoms with van der Waals surface area (Å²) in [6.45, 7) is 0.963. The second-order valence-corrected chi connectivity index (χ2v) is 3.57. The maximum atomic E-state index is 11.3. The summed E-state index contributed by atoms with van der Waals surface area (Å²) in [5.74, 6) is 0. The van der Waals surface area contributed by atoms with Gasteiger partial charge in [-0.1, -0.05) is 23.2 Å². The molecule has 4 nitrogen and oxygen atoms in total. The molecule has 0 aliphatic carbocycles. The molecule has 1 aromatic heterocycles. The SMILES string of the molecule is O=c1cc(Cl)[nH]c(C2OCCO2)c1Cl. The van der Waals surface area contributed by atoms with Gasteiger partial charge in [-0.05, 0) is 0 Å². The van der Waals surface area contributed by atoms with Gasteiger partial charge in [0.05, 0.1) is 18.9 Å². The molecule has 0 saturated carbocycles. The van der Waals surface area contributed by atoms with Gasteiger partial charge < -0.3 is 14.5 Å². The van der Waals surface area contributed by atoms with E-state index in [0.29, 0.717) is 18.9 Å². The zero-order valence-corrected chi connectivity index (χ0v) is 8.56. The molecule has 14 heavy (non-hydrogen) atoms. The highest BCUT2D eigenvalue weighted by atomic mass is 35.5. The lowest BCUT2D eigenvalue weighted by atomic mass is 10.3. The highest BCUT2D eigenvalue weighted by Crippen LogP contribution is 2.26. The third-order valence-corrected chi connectivity index (χ3v) is 2.42. The maximum absolute atomic E-state index is 11.3. The predicted octanol–water partition coefficient (Wildman–Crippen LogP) is 1.73. The molecular weight excluding hydrogens is 229 g/mol. The summed E-state index contributed by atoms with van der Waals surface area (Å²) >= 11 is 11.5. The van der Waals surface area contributed by atoms with E-state index >= 15 is 0 Å². The summed E-state index contributed by atoms with van der Waals surface area (Å²) in [5, 5.41) is 0.273. The fraction of sp³-hybridized carbons (Fsp3) is 0.375. The van der Waals surface area contributed by atoms with Gasteiger partial charge in [-0.25, -0.2) is 0 Å². The molecule has 0 aromatic carbocycles. The molecule has 6 heteroatoms. The van der Waals surface area contributed by atoms with E-state index in [1.165, 1.54) is 6.07 Å². The van der Waals surface area contributed by atoms with Crippen molar-refractivity contribution in [2.45, 2.75) is 6.29 Å². The molecule has 76 valence electrons. The number of hydrogen-bond acceptors (Lipinski definition) is 3. The van der Waals surface area contributed by atoms with Crippen LogP contribution in [-0.2, 0) is 9.47 Å². The molecule has 0 radical (unpaired) electrons. The van der Waals surface area contributed by atoms with Crippen LogP contribution in [0, 0.1) is 0 Å². The Kier molecular flexibility index (Phi) is 2.78. The Morgan fingerprint density at radius 2 is 2.00 bits per heavy atom. The van der Waals surface area contributed by atoms with E-state index in [2.05, 4.69) is 4.98 Å². The maximum Gasteiger partial charge on any atom is 0.202 e. The van der Waals surface area contributed by atoms with E-state index in [0.717, 1.165) is 0 Å². The Balaban J connectivity index is 2.45. The Labute approximate surface area is 89.7 Å². The van der Waals surface area contributed by atoms with Gasteiger partial charge in [-0.2, -0.15) is 0 Å². The number of aromatic nitrogens is 1. The first-order valence-electron chi connectivity index (χ1n) is 4.00. The first-order chi connectivity index (χ1) is 6.68. The molecule has 0 bridgehead atoms. The fourth-order valence-electron chi connectivity index (χ4n) is 1.22. The largest absolute Gasteiger partial charge is 0.345 e. The van der Waals surface area contributed by atoms with Crippen molar-refractivity contribution in [1.82, 2.24) is 4.98 Å². The minimum atomic E-state index is -0.617. The minimum Gasteiger partial charge on any atom is -0.345 e. The van der Waals surface area contributed by atoms with Gasteiger partial charge in [0.25, 0.3) is 0 Å². The molecule has 0 unspecified atom stereocenters. The Morgan fingerprint density at radius 1 is 1.36 bits per heavy atom. The number of hydrogen-bond donors (Lipinski definition) is 1. The van der Waals surface area contributed by atoms with Gasteiger partial charge in [-0.3, -0.25) is 4.79 Å². The van der Waals surface area contributed by atoms with Crippen LogP contribution in [-0.4, -0.2) is 18.2 Å². The number of rotatable bonds is 1. The number of halogens is 2. The topological polar surface area (TPSA) is 51.3 Å². The molecule has 0 amide bonds. The van der Waals surface area contributed by atoms with Crippen molar-refractivity contribution in [3.05, 3.63) is 32.2 Å². The quantitative estimate of drug-likeness (QED) is 0.755. The zero-order chi connectivity index (χ0) is 10.1. The Morgan fingerprint density at radius 3 is 2.64 bits per heavy atom. The molecule has 2 heterocycles. The summed E-state index contributed by atoms with van der Waals surface area (Å²) in [6, 6.07) is 1.21. The summed E-state index contributed by atoms with van der Waals surface area (Å²) < 4.78 is 10.4. The van der Waals surface area contributed by atoms with Crippen LogP contribution in [0.3, 0.4) is 0 Å². The minimum absolute atomic E-state index is 0.0568. The van der Waals surface area contributed by atoms with Crippen LogP contribution in [0.15, 0.2) is 10.9 Å². The van der Waals surface area contributed by atoms with Gasteiger partial charge in [0.2, 0.25) is 11.7 Å². The monoisotopic (exact) mass is 235 g/mol. The Hall–Kier alpha value is -0.550. The first kappa shape index (κ1) is 9.98. The molecule has 1 aliphatic heterocycles. The standard InChI is InChI=1S/C8H7Cl2NO3/c9-5-3-4(12)6(10)7(11-5)8-13-1-2-14-8/h3,8H,1-2H2,(H,11,12). The lowest BCUT2D eigenvalue weighted by Gasteiger charge is -2.10. The van der Waals surface area contributed by atoms with Crippen LogP contribution in [0.25, 0.3) is 0 Å². The van der Waals surface area contributed by atoms with Crippen molar-refractivity contribution in [3.63, 3.8) is 0 Å². The van der Waals surface area contributed by atoms with Gasteiger partial charge in [0.15, 0.2) is 0 Å². The summed E-state index contributed by atoms with van der Waals surface area (Å²) in [4.78, 5) is 14.0. The van der Waals surface area contributed by atoms with Crippen LogP contribution in [0.1, 0.15) is 12.0 Å². The van der Waals surface area contributed by atoms with E-state index < -0.39 is 6.29 Å². The van der Waals surface area contributed by atoms with E-state index in [9.17, 15) is 4.79 Å². The third-order valence-electron chi connectivity index (χ3n) is 1.82. The summed E-state index contributed by atoms with van der Waals surface area (Å²) in [6.07, 6.45) is -0.617. The first-order valence-corrected chi connectivity index (χ1v) is 4.75. The van der Waals surface area contributed by atoms with Crippen molar-refractivity contribution in [1.29, 1.82) is 0 Å². The summed E-state index contributed by atoms with van der Waals surface area (Å²) in [7, 11) is 0. The van der Waals surface area contributed by atoms with Crippen LogP contribution >= 0.6 is 23.2 Å². The molecule has 1 aliphatic rings. The second kappa shape index (κ2) is 3.90. The van der Waals surface area contributed by atoms with Gasteiger partial charge in [0.1, 0.15) is 10.2 Å². The lowest BCUT2D eigenvalue weighted by molar-refractivity contribution is -0.0472. The van der Waals surface area contributed by atoms with Gasteiger partial charge >= 0.3 is 0 Å². The Bertz CT molecular complexity index is 398. The van der Waals surface area contributed by atoms with Gasteiger partial charge in [-0.15, -0.1) is 0 Å². The summed E-state index contributed by atoms with van der Waals surface area (Å²) in [5.41, 5.74) is 0.0335. The number of ether oxygens (including phenoxy) is 2.